The highest BCUT2D eigenvalue weighted by molar-refractivity contribution is 8.00. The second kappa shape index (κ2) is 4.57. The largest absolute Gasteiger partial charge is 0.392 e. The summed E-state index contributed by atoms with van der Waals surface area (Å²) in [6, 6.07) is 0. The van der Waals surface area contributed by atoms with Gasteiger partial charge in [-0.25, -0.2) is 0 Å². The van der Waals surface area contributed by atoms with Gasteiger partial charge in [-0.2, -0.15) is 0 Å². The van der Waals surface area contributed by atoms with Gasteiger partial charge in [-0.15, -0.1) is 11.8 Å². The van der Waals surface area contributed by atoms with Crippen LogP contribution in [0.1, 0.15) is 13.8 Å². The number of rotatable bonds is 4. The van der Waals surface area contributed by atoms with E-state index < -0.39 is 0 Å². The number of amidine groups is 1. The first-order chi connectivity index (χ1) is 4.54. The zero-order valence-corrected chi connectivity index (χ0v) is 7.11. The van der Waals surface area contributed by atoms with Crippen molar-refractivity contribution >= 4 is 17.6 Å². The van der Waals surface area contributed by atoms with Crippen molar-refractivity contribution in [2.45, 2.75) is 25.2 Å². The first-order valence-electron chi connectivity index (χ1n) is 3.16. The van der Waals surface area contributed by atoms with Crippen LogP contribution in [0.5, 0.6) is 0 Å². The Bertz CT molecular complexity index is 116. The van der Waals surface area contributed by atoms with E-state index in [1.807, 2.05) is 6.92 Å². The number of nitrogens with one attached hydrogen (secondary N) is 1. The Morgan fingerprint density at radius 1 is 1.70 bits per heavy atom. The quantitative estimate of drug-likeness (QED) is 0.414. The minimum Gasteiger partial charge on any atom is -0.392 e. The molecule has 2 unspecified atom stereocenters. The van der Waals surface area contributed by atoms with Gasteiger partial charge < -0.3 is 10.8 Å². The molecule has 3 nitrogen and oxygen atoms in total. The lowest BCUT2D eigenvalue weighted by Gasteiger charge is -2.12. The van der Waals surface area contributed by atoms with Crippen molar-refractivity contribution in [1.82, 2.24) is 0 Å². The summed E-state index contributed by atoms with van der Waals surface area (Å²) in [5, 5.41) is 16.1. The molecule has 0 spiro atoms. The van der Waals surface area contributed by atoms with E-state index in [1.54, 1.807) is 6.92 Å². The second-order valence-corrected chi connectivity index (χ2v) is 3.65. The number of hydrogen-bond donors (Lipinski definition) is 3. The van der Waals surface area contributed by atoms with Gasteiger partial charge in [0.2, 0.25) is 0 Å². The molecule has 0 fully saturated rings. The number of aliphatic hydroxyl groups excluding tert-OH is 1. The zero-order valence-electron chi connectivity index (χ0n) is 6.29. The van der Waals surface area contributed by atoms with Crippen molar-refractivity contribution in [2.75, 3.05) is 5.75 Å². The molecule has 0 aliphatic rings. The van der Waals surface area contributed by atoms with Gasteiger partial charge in [0.1, 0.15) is 5.84 Å². The molecule has 4 heteroatoms. The summed E-state index contributed by atoms with van der Waals surface area (Å²) in [7, 11) is 0. The summed E-state index contributed by atoms with van der Waals surface area (Å²) in [5.74, 6) is 0.670. The van der Waals surface area contributed by atoms with Crippen LogP contribution in [0.3, 0.4) is 0 Å². The zero-order chi connectivity index (χ0) is 8.15. The van der Waals surface area contributed by atoms with Crippen LogP contribution in [-0.4, -0.2) is 28.0 Å². The predicted molar refractivity (Wildman–Crippen MR) is 45.5 cm³/mol. The Hall–Kier alpha value is -0.220. The van der Waals surface area contributed by atoms with Crippen LogP contribution in [0, 0.1) is 5.41 Å². The van der Waals surface area contributed by atoms with Crippen LogP contribution >= 0.6 is 11.8 Å². The van der Waals surface area contributed by atoms with E-state index in [0.29, 0.717) is 5.75 Å². The van der Waals surface area contributed by atoms with E-state index in [-0.39, 0.29) is 17.2 Å². The number of hydrogen-bond acceptors (Lipinski definition) is 3. The summed E-state index contributed by atoms with van der Waals surface area (Å²) >= 11 is 1.49. The topological polar surface area (TPSA) is 70.1 Å². The molecule has 0 amide bonds. The fourth-order valence-electron chi connectivity index (χ4n) is 0.360. The van der Waals surface area contributed by atoms with E-state index in [1.165, 1.54) is 11.8 Å². The summed E-state index contributed by atoms with van der Waals surface area (Å²) in [5.41, 5.74) is 5.12. The molecule has 0 bridgehead atoms. The Morgan fingerprint density at radius 3 is 2.50 bits per heavy atom. The van der Waals surface area contributed by atoms with E-state index in [9.17, 15) is 0 Å². The van der Waals surface area contributed by atoms with Crippen molar-refractivity contribution < 1.29 is 5.11 Å². The first-order valence-corrected chi connectivity index (χ1v) is 4.21. The molecule has 60 valence electrons. The standard InChI is InChI=1S/C6H14N2OS/c1-4(9)5(2)10-3-6(7)8/h4-5,9H,3H2,1-2H3,(H3,7,8). The molecule has 10 heavy (non-hydrogen) atoms. The lowest BCUT2D eigenvalue weighted by molar-refractivity contribution is 0.196. The van der Waals surface area contributed by atoms with Crippen molar-refractivity contribution in [1.29, 1.82) is 5.41 Å². The summed E-state index contributed by atoms with van der Waals surface area (Å²) < 4.78 is 0. The van der Waals surface area contributed by atoms with E-state index >= 15 is 0 Å². The normalized spacial score (nSPS) is 16.3. The van der Waals surface area contributed by atoms with E-state index in [4.69, 9.17) is 16.2 Å². The predicted octanol–water partition coefficient (Wildman–Crippen LogP) is 0.425. The SMILES string of the molecule is CC(O)C(C)SCC(=N)N. The molecular weight excluding hydrogens is 148 g/mol. The summed E-state index contributed by atoms with van der Waals surface area (Å²) in [6.45, 7) is 3.65. The molecule has 0 aliphatic carbocycles. The van der Waals surface area contributed by atoms with Gasteiger partial charge in [-0.1, -0.05) is 6.92 Å². The van der Waals surface area contributed by atoms with Crippen LogP contribution < -0.4 is 5.73 Å². The van der Waals surface area contributed by atoms with Crippen LogP contribution in [0.2, 0.25) is 0 Å². The van der Waals surface area contributed by atoms with Gasteiger partial charge in [0.15, 0.2) is 0 Å². The minimum atomic E-state index is -0.329. The molecule has 0 saturated heterocycles. The lowest BCUT2D eigenvalue weighted by atomic mass is 10.3. The minimum absolute atomic E-state index is 0.156. The fourth-order valence-corrected chi connectivity index (χ4v) is 1.08. The molecule has 0 rings (SSSR count). The number of nitrogens with two attached hydrogens (primary N) is 1. The summed E-state index contributed by atoms with van der Waals surface area (Å²) in [4.78, 5) is 0. The van der Waals surface area contributed by atoms with Crippen molar-refractivity contribution in [2.24, 2.45) is 5.73 Å². The first kappa shape index (κ1) is 9.78. The molecule has 0 aromatic rings. The lowest BCUT2D eigenvalue weighted by Crippen LogP contribution is -2.20. The second-order valence-electron chi connectivity index (χ2n) is 2.28. The average Bonchev–Trinajstić information content (AvgIpc) is 1.82. The van der Waals surface area contributed by atoms with Gasteiger partial charge in [0.25, 0.3) is 0 Å². The van der Waals surface area contributed by atoms with Crippen LogP contribution in [-0.2, 0) is 0 Å². The maximum absolute atomic E-state index is 9.00. The Balaban J connectivity index is 3.39. The Labute approximate surface area is 65.5 Å². The highest BCUT2D eigenvalue weighted by Crippen LogP contribution is 2.12. The third kappa shape index (κ3) is 4.64. The number of thioether (sulfide) groups is 1. The summed E-state index contributed by atoms with van der Waals surface area (Å²) in [6.07, 6.45) is -0.329. The maximum Gasteiger partial charge on any atom is 0.101 e. The molecule has 0 radical (unpaired) electrons. The van der Waals surface area contributed by atoms with Crippen molar-refractivity contribution in [3.8, 4) is 0 Å². The van der Waals surface area contributed by atoms with Gasteiger partial charge in [-0.05, 0) is 6.92 Å². The molecular formula is C6H14N2OS. The van der Waals surface area contributed by atoms with Gasteiger partial charge in [0, 0.05) is 5.25 Å². The molecule has 0 aliphatic heterocycles. The van der Waals surface area contributed by atoms with Gasteiger partial charge in [-0.3, -0.25) is 5.41 Å². The van der Waals surface area contributed by atoms with Crippen molar-refractivity contribution in [3.05, 3.63) is 0 Å². The average molecular weight is 162 g/mol. The molecule has 0 heterocycles. The molecule has 2 atom stereocenters. The molecule has 0 saturated carbocycles. The number of aliphatic hydroxyl groups is 1. The van der Waals surface area contributed by atoms with Crippen LogP contribution in [0.15, 0.2) is 0 Å². The third-order valence-corrected chi connectivity index (χ3v) is 2.58. The Morgan fingerprint density at radius 2 is 2.20 bits per heavy atom. The molecule has 4 N–H and O–H groups in total. The van der Waals surface area contributed by atoms with Crippen LogP contribution in [0.25, 0.3) is 0 Å². The third-order valence-electron chi connectivity index (χ3n) is 1.18. The smallest absolute Gasteiger partial charge is 0.101 e. The van der Waals surface area contributed by atoms with Crippen molar-refractivity contribution in [3.63, 3.8) is 0 Å². The highest BCUT2D eigenvalue weighted by atomic mass is 32.2. The van der Waals surface area contributed by atoms with Crippen LogP contribution in [0.4, 0.5) is 0 Å². The molecule has 0 aromatic heterocycles. The fraction of sp³-hybridized carbons (Fsp3) is 0.833. The highest BCUT2D eigenvalue weighted by Gasteiger charge is 2.08. The molecule has 0 aromatic carbocycles. The van der Waals surface area contributed by atoms with E-state index in [0.717, 1.165) is 0 Å². The van der Waals surface area contributed by atoms with Gasteiger partial charge >= 0.3 is 0 Å². The van der Waals surface area contributed by atoms with E-state index in [2.05, 4.69) is 0 Å². The maximum atomic E-state index is 9.00. The monoisotopic (exact) mass is 162 g/mol. The van der Waals surface area contributed by atoms with Gasteiger partial charge in [0.05, 0.1) is 11.9 Å². The Kier molecular flexibility index (Phi) is 4.47.